The normalized spacial score (nSPS) is 11.9. The first-order valence-electron chi connectivity index (χ1n) is 6.15. The monoisotopic (exact) mass is 315 g/mol. The average molecular weight is 316 g/mol. The third-order valence-electron chi connectivity index (χ3n) is 3.42. The molecular weight excluding hydrogens is 302 g/mol. The lowest BCUT2D eigenvalue weighted by Gasteiger charge is -2.23. The van der Waals surface area contributed by atoms with Crippen molar-refractivity contribution >= 4 is 21.6 Å². The van der Waals surface area contributed by atoms with Crippen LogP contribution >= 0.6 is 15.9 Å². The van der Waals surface area contributed by atoms with Crippen molar-refractivity contribution in [1.82, 2.24) is 14.6 Å². The molecule has 19 heavy (non-hydrogen) atoms. The molecule has 2 heterocycles. The lowest BCUT2D eigenvalue weighted by atomic mass is 9.84. The second kappa shape index (κ2) is 4.46. The molecule has 3 aromatic rings. The zero-order valence-electron chi connectivity index (χ0n) is 10.8. The summed E-state index contributed by atoms with van der Waals surface area (Å²) in [6.07, 6.45) is 2.01. The van der Waals surface area contributed by atoms with Crippen molar-refractivity contribution in [2.75, 3.05) is 0 Å². The molecule has 0 fully saturated rings. The molecule has 0 unspecified atom stereocenters. The fraction of sp³-hybridized carbons (Fsp3) is 0.200. The smallest absolute Gasteiger partial charge is 0.160 e. The van der Waals surface area contributed by atoms with E-state index in [0.717, 1.165) is 15.9 Å². The Bertz CT molecular complexity index is 717. The lowest BCUT2D eigenvalue weighted by molar-refractivity contribution is 0.582. The van der Waals surface area contributed by atoms with Gasteiger partial charge in [-0.25, -0.2) is 0 Å². The third kappa shape index (κ3) is 2.06. The van der Waals surface area contributed by atoms with Gasteiger partial charge in [-0.15, -0.1) is 10.2 Å². The van der Waals surface area contributed by atoms with E-state index >= 15 is 0 Å². The van der Waals surface area contributed by atoms with Crippen molar-refractivity contribution in [1.29, 1.82) is 0 Å². The molecule has 0 atom stereocenters. The quantitative estimate of drug-likeness (QED) is 0.719. The highest BCUT2D eigenvalue weighted by Gasteiger charge is 2.28. The van der Waals surface area contributed by atoms with Crippen LogP contribution < -0.4 is 0 Å². The van der Waals surface area contributed by atoms with Crippen molar-refractivity contribution in [3.8, 4) is 0 Å². The summed E-state index contributed by atoms with van der Waals surface area (Å²) >= 11 is 3.50. The molecule has 1 aromatic carbocycles. The highest BCUT2D eigenvalue weighted by molar-refractivity contribution is 9.10. The van der Waals surface area contributed by atoms with Gasteiger partial charge in [0.1, 0.15) is 5.82 Å². The first kappa shape index (κ1) is 12.4. The molecule has 0 aliphatic rings. The van der Waals surface area contributed by atoms with E-state index in [-0.39, 0.29) is 5.41 Å². The third-order valence-corrected chi connectivity index (χ3v) is 3.89. The van der Waals surface area contributed by atoms with Gasteiger partial charge in [0.15, 0.2) is 5.65 Å². The van der Waals surface area contributed by atoms with Crippen LogP contribution in [0.5, 0.6) is 0 Å². The Hall–Kier alpha value is -1.68. The van der Waals surface area contributed by atoms with Crippen LogP contribution in [0.4, 0.5) is 0 Å². The van der Waals surface area contributed by atoms with Gasteiger partial charge in [0, 0.05) is 10.7 Å². The van der Waals surface area contributed by atoms with Gasteiger partial charge in [0.05, 0.1) is 5.41 Å². The number of fused-ring (bicyclic) bond motifs is 1. The van der Waals surface area contributed by atoms with Crippen molar-refractivity contribution in [2.45, 2.75) is 19.3 Å². The molecular formula is C15H14BrN3. The van der Waals surface area contributed by atoms with Gasteiger partial charge in [-0.1, -0.05) is 30.3 Å². The first-order chi connectivity index (χ1) is 9.09. The number of pyridine rings is 1. The summed E-state index contributed by atoms with van der Waals surface area (Å²) in [4.78, 5) is 0. The zero-order chi connectivity index (χ0) is 13.5. The molecule has 0 aliphatic carbocycles. The van der Waals surface area contributed by atoms with Crippen molar-refractivity contribution < 1.29 is 0 Å². The van der Waals surface area contributed by atoms with E-state index in [1.165, 1.54) is 5.56 Å². The van der Waals surface area contributed by atoms with Crippen molar-refractivity contribution in [3.05, 3.63) is 64.5 Å². The molecule has 0 N–H and O–H groups in total. The van der Waals surface area contributed by atoms with Crippen molar-refractivity contribution in [3.63, 3.8) is 0 Å². The van der Waals surface area contributed by atoms with Crippen LogP contribution in [0.25, 0.3) is 5.65 Å². The minimum atomic E-state index is -0.193. The number of aromatic nitrogens is 3. The van der Waals surface area contributed by atoms with Gasteiger partial charge in [-0.3, -0.25) is 4.40 Å². The van der Waals surface area contributed by atoms with Crippen LogP contribution in [0, 0.1) is 0 Å². The molecule has 2 aromatic heterocycles. The SMILES string of the molecule is CC(C)(c1ccccc1)c1nnc2ccc(Br)cn12. The topological polar surface area (TPSA) is 30.2 Å². The van der Waals surface area contributed by atoms with E-state index in [1.807, 2.05) is 28.8 Å². The summed E-state index contributed by atoms with van der Waals surface area (Å²) in [5.74, 6) is 0.940. The Morgan fingerprint density at radius 2 is 1.74 bits per heavy atom. The molecule has 0 amide bonds. The summed E-state index contributed by atoms with van der Waals surface area (Å²) in [7, 11) is 0. The van der Waals surface area contributed by atoms with E-state index in [1.54, 1.807) is 0 Å². The Kier molecular flexibility index (Phi) is 2.90. The number of hydrogen-bond donors (Lipinski definition) is 0. The van der Waals surface area contributed by atoms with Gasteiger partial charge in [-0.05, 0) is 47.5 Å². The molecule has 0 saturated heterocycles. The Morgan fingerprint density at radius 3 is 2.47 bits per heavy atom. The minimum absolute atomic E-state index is 0.193. The zero-order valence-corrected chi connectivity index (χ0v) is 12.4. The van der Waals surface area contributed by atoms with Crippen LogP contribution in [0.15, 0.2) is 53.1 Å². The highest BCUT2D eigenvalue weighted by atomic mass is 79.9. The Labute approximate surface area is 120 Å². The molecule has 4 heteroatoms. The molecule has 3 rings (SSSR count). The van der Waals surface area contributed by atoms with Gasteiger partial charge >= 0.3 is 0 Å². The second-order valence-electron chi connectivity index (χ2n) is 5.09. The Morgan fingerprint density at radius 1 is 1.00 bits per heavy atom. The largest absolute Gasteiger partial charge is 0.285 e. The van der Waals surface area contributed by atoms with Crippen LogP contribution in [-0.4, -0.2) is 14.6 Å². The average Bonchev–Trinajstić information content (AvgIpc) is 2.83. The van der Waals surface area contributed by atoms with Crippen LogP contribution in [-0.2, 0) is 5.41 Å². The van der Waals surface area contributed by atoms with Crippen LogP contribution in [0.3, 0.4) is 0 Å². The van der Waals surface area contributed by atoms with Gasteiger partial charge in [0.25, 0.3) is 0 Å². The van der Waals surface area contributed by atoms with E-state index < -0.39 is 0 Å². The number of benzene rings is 1. The van der Waals surface area contributed by atoms with Gasteiger partial charge in [0.2, 0.25) is 0 Å². The maximum atomic E-state index is 4.38. The maximum absolute atomic E-state index is 4.38. The number of halogens is 1. The summed E-state index contributed by atoms with van der Waals surface area (Å²) in [5, 5.41) is 8.62. The molecule has 96 valence electrons. The van der Waals surface area contributed by atoms with E-state index in [0.29, 0.717) is 0 Å². The molecule has 0 bridgehead atoms. The fourth-order valence-corrected chi connectivity index (χ4v) is 2.61. The summed E-state index contributed by atoms with van der Waals surface area (Å²) < 4.78 is 3.06. The van der Waals surface area contributed by atoms with E-state index in [9.17, 15) is 0 Å². The fourth-order valence-electron chi connectivity index (χ4n) is 2.27. The minimum Gasteiger partial charge on any atom is -0.285 e. The predicted octanol–water partition coefficient (Wildman–Crippen LogP) is 3.82. The van der Waals surface area contributed by atoms with Crippen LogP contribution in [0.2, 0.25) is 0 Å². The maximum Gasteiger partial charge on any atom is 0.160 e. The number of nitrogens with zero attached hydrogens (tertiary/aromatic N) is 3. The first-order valence-corrected chi connectivity index (χ1v) is 6.94. The highest BCUT2D eigenvalue weighted by Crippen LogP contribution is 2.30. The van der Waals surface area contributed by atoms with Crippen molar-refractivity contribution in [2.24, 2.45) is 0 Å². The predicted molar refractivity (Wildman–Crippen MR) is 79.3 cm³/mol. The standard InChI is InChI=1S/C15H14BrN3/c1-15(2,11-6-4-3-5-7-11)14-18-17-13-9-8-12(16)10-19(13)14/h3-10H,1-2H3. The van der Waals surface area contributed by atoms with Crippen LogP contribution in [0.1, 0.15) is 25.2 Å². The van der Waals surface area contributed by atoms with E-state index in [4.69, 9.17) is 0 Å². The molecule has 3 nitrogen and oxygen atoms in total. The molecule has 0 radical (unpaired) electrons. The summed E-state index contributed by atoms with van der Waals surface area (Å²) in [6, 6.07) is 14.3. The van der Waals surface area contributed by atoms with Gasteiger partial charge in [-0.2, -0.15) is 0 Å². The number of hydrogen-bond acceptors (Lipinski definition) is 2. The second-order valence-corrected chi connectivity index (χ2v) is 6.01. The van der Waals surface area contributed by atoms with E-state index in [2.05, 4.69) is 64.2 Å². The molecule has 0 saturated carbocycles. The van der Waals surface area contributed by atoms with Gasteiger partial charge < -0.3 is 0 Å². The number of rotatable bonds is 2. The molecule has 0 aliphatic heterocycles. The summed E-state index contributed by atoms with van der Waals surface area (Å²) in [6.45, 7) is 4.33. The molecule has 0 spiro atoms. The Balaban J connectivity index is 2.21. The lowest BCUT2D eigenvalue weighted by Crippen LogP contribution is -2.22. The summed E-state index contributed by atoms with van der Waals surface area (Å²) in [5.41, 5.74) is 1.90.